The molecule has 0 bridgehead atoms. The average molecular weight is 366 g/mol. The molecule has 3 aromatic rings. The first-order valence-corrected chi connectivity index (χ1v) is 9.58. The molecule has 0 radical (unpaired) electrons. The first kappa shape index (κ1) is 18.2. The largest absolute Gasteiger partial charge is 0.338 e. The van der Waals surface area contributed by atoms with Crippen LogP contribution in [-0.2, 0) is 11.3 Å². The van der Waals surface area contributed by atoms with Crippen LogP contribution in [0.15, 0.2) is 66.1 Å². The van der Waals surface area contributed by atoms with Gasteiger partial charge in [0, 0.05) is 13.1 Å². The van der Waals surface area contributed by atoms with Gasteiger partial charge in [-0.05, 0) is 31.0 Å². The quantitative estimate of drug-likeness (QED) is 0.598. The zero-order valence-electron chi connectivity index (χ0n) is 15.0. The average Bonchev–Trinajstić information content (AvgIpc) is 3.13. The standard InChI is InChI=1S/C20H22N4OS/c1-3-23(13-17-10-5-4-6-11-17)19(25)14-26-20-22-21-15-24(20)18-12-8-7-9-16(18)2/h4-12,15H,3,13-14H2,1-2H3. The van der Waals surface area contributed by atoms with Crippen LogP contribution in [0.2, 0.25) is 0 Å². The summed E-state index contributed by atoms with van der Waals surface area (Å²) in [5, 5.41) is 8.92. The van der Waals surface area contributed by atoms with Crippen molar-refractivity contribution in [3.63, 3.8) is 0 Å². The number of hydrogen-bond donors (Lipinski definition) is 0. The molecule has 0 saturated carbocycles. The summed E-state index contributed by atoms with van der Waals surface area (Å²) < 4.78 is 1.93. The van der Waals surface area contributed by atoms with Crippen molar-refractivity contribution in [2.24, 2.45) is 0 Å². The number of aryl methyl sites for hydroxylation is 1. The van der Waals surface area contributed by atoms with Crippen LogP contribution >= 0.6 is 11.8 Å². The molecule has 0 fully saturated rings. The number of carbonyl (C=O) groups is 1. The Bertz CT molecular complexity index is 863. The van der Waals surface area contributed by atoms with Crippen molar-refractivity contribution in [2.75, 3.05) is 12.3 Å². The lowest BCUT2D eigenvalue weighted by atomic mass is 10.2. The predicted molar refractivity (Wildman–Crippen MR) is 104 cm³/mol. The fraction of sp³-hybridized carbons (Fsp3) is 0.250. The van der Waals surface area contributed by atoms with Crippen molar-refractivity contribution in [3.05, 3.63) is 72.1 Å². The second kappa shape index (κ2) is 8.67. The van der Waals surface area contributed by atoms with Crippen molar-refractivity contribution in [1.82, 2.24) is 19.7 Å². The molecule has 5 nitrogen and oxygen atoms in total. The molecule has 0 saturated heterocycles. The van der Waals surface area contributed by atoms with Gasteiger partial charge in [0.25, 0.3) is 0 Å². The van der Waals surface area contributed by atoms with Gasteiger partial charge in [-0.2, -0.15) is 0 Å². The molecule has 0 aliphatic carbocycles. The summed E-state index contributed by atoms with van der Waals surface area (Å²) in [4.78, 5) is 14.5. The van der Waals surface area contributed by atoms with Crippen molar-refractivity contribution in [2.45, 2.75) is 25.5 Å². The highest BCUT2D eigenvalue weighted by Gasteiger charge is 2.15. The van der Waals surface area contributed by atoms with Crippen molar-refractivity contribution in [1.29, 1.82) is 0 Å². The molecule has 134 valence electrons. The number of para-hydroxylation sites is 1. The number of hydrogen-bond acceptors (Lipinski definition) is 4. The number of carbonyl (C=O) groups excluding carboxylic acids is 1. The maximum Gasteiger partial charge on any atom is 0.233 e. The molecule has 26 heavy (non-hydrogen) atoms. The van der Waals surface area contributed by atoms with Crippen LogP contribution in [0.1, 0.15) is 18.1 Å². The minimum absolute atomic E-state index is 0.0979. The van der Waals surface area contributed by atoms with E-state index in [0.29, 0.717) is 18.8 Å². The highest BCUT2D eigenvalue weighted by Crippen LogP contribution is 2.22. The Morgan fingerprint density at radius 1 is 1.12 bits per heavy atom. The van der Waals surface area contributed by atoms with Crippen LogP contribution in [0.5, 0.6) is 0 Å². The monoisotopic (exact) mass is 366 g/mol. The molecule has 0 aliphatic rings. The molecular formula is C20H22N4OS. The number of rotatable bonds is 7. The molecule has 1 amide bonds. The van der Waals surface area contributed by atoms with E-state index < -0.39 is 0 Å². The lowest BCUT2D eigenvalue weighted by Crippen LogP contribution is -2.31. The molecular weight excluding hydrogens is 344 g/mol. The Labute approximate surface area is 158 Å². The zero-order chi connectivity index (χ0) is 18.4. The third-order valence-electron chi connectivity index (χ3n) is 4.17. The van der Waals surface area contributed by atoms with Crippen LogP contribution in [0, 0.1) is 6.92 Å². The van der Waals surface area contributed by atoms with Gasteiger partial charge in [-0.15, -0.1) is 10.2 Å². The summed E-state index contributed by atoms with van der Waals surface area (Å²) in [5.74, 6) is 0.436. The molecule has 0 spiro atoms. The lowest BCUT2D eigenvalue weighted by molar-refractivity contribution is -0.128. The predicted octanol–water partition coefficient (Wildman–Crippen LogP) is 3.72. The van der Waals surface area contributed by atoms with Gasteiger partial charge in [-0.1, -0.05) is 60.3 Å². The second-order valence-electron chi connectivity index (χ2n) is 5.95. The lowest BCUT2D eigenvalue weighted by Gasteiger charge is -2.20. The number of thioether (sulfide) groups is 1. The molecule has 3 rings (SSSR count). The molecule has 1 aromatic heterocycles. The van der Waals surface area contributed by atoms with E-state index in [-0.39, 0.29) is 5.91 Å². The van der Waals surface area contributed by atoms with E-state index in [1.165, 1.54) is 11.8 Å². The van der Waals surface area contributed by atoms with Gasteiger partial charge in [0.15, 0.2) is 5.16 Å². The Morgan fingerprint density at radius 2 is 1.85 bits per heavy atom. The van der Waals surface area contributed by atoms with Crippen molar-refractivity contribution in [3.8, 4) is 5.69 Å². The fourth-order valence-electron chi connectivity index (χ4n) is 2.72. The van der Waals surface area contributed by atoms with Crippen LogP contribution in [0.25, 0.3) is 5.69 Å². The molecule has 0 atom stereocenters. The minimum atomic E-state index is 0.0979. The Kier molecular flexibility index (Phi) is 6.07. The second-order valence-corrected chi connectivity index (χ2v) is 6.89. The van der Waals surface area contributed by atoms with Gasteiger partial charge in [0.2, 0.25) is 5.91 Å². The van der Waals surface area contributed by atoms with Gasteiger partial charge in [-0.25, -0.2) is 0 Å². The van der Waals surface area contributed by atoms with Crippen LogP contribution in [0.4, 0.5) is 0 Å². The number of benzene rings is 2. The smallest absolute Gasteiger partial charge is 0.233 e. The highest BCUT2D eigenvalue weighted by atomic mass is 32.2. The highest BCUT2D eigenvalue weighted by molar-refractivity contribution is 7.99. The maximum atomic E-state index is 12.6. The number of aromatic nitrogens is 3. The molecule has 0 aliphatic heterocycles. The molecule has 0 unspecified atom stereocenters. The SMILES string of the molecule is CCN(Cc1ccccc1)C(=O)CSc1nncn1-c1ccccc1C. The summed E-state index contributed by atoms with van der Waals surface area (Å²) >= 11 is 1.42. The molecule has 2 aromatic carbocycles. The third kappa shape index (κ3) is 4.32. The zero-order valence-corrected chi connectivity index (χ0v) is 15.8. The van der Waals surface area contributed by atoms with E-state index in [1.807, 2.05) is 77.9 Å². The van der Waals surface area contributed by atoms with Crippen LogP contribution in [0.3, 0.4) is 0 Å². The maximum absolute atomic E-state index is 12.6. The summed E-state index contributed by atoms with van der Waals surface area (Å²) in [6.45, 7) is 5.36. The minimum Gasteiger partial charge on any atom is -0.338 e. The van der Waals surface area contributed by atoms with E-state index in [4.69, 9.17) is 0 Å². The van der Waals surface area contributed by atoms with Crippen LogP contribution < -0.4 is 0 Å². The Balaban J connectivity index is 1.66. The van der Waals surface area contributed by atoms with Gasteiger partial charge in [0.05, 0.1) is 11.4 Å². The number of nitrogens with zero attached hydrogens (tertiary/aromatic N) is 4. The third-order valence-corrected chi connectivity index (χ3v) is 5.09. The van der Waals surface area contributed by atoms with Gasteiger partial charge in [-0.3, -0.25) is 9.36 Å². The van der Waals surface area contributed by atoms with E-state index in [9.17, 15) is 4.79 Å². The first-order valence-electron chi connectivity index (χ1n) is 8.59. The van der Waals surface area contributed by atoms with Gasteiger partial charge < -0.3 is 4.90 Å². The van der Waals surface area contributed by atoms with Gasteiger partial charge >= 0.3 is 0 Å². The van der Waals surface area contributed by atoms with E-state index >= 15 is 0 Å². The van der Waals surface area contributed by atoms with Crippen molar-refractivity contribution >= 4 is 17.7 Å². The van der Waals surface area contributed by atoms with E-state index in [2.05, 4.69) is 10.2 Å². The van der Waals surface area contributed by atoms with E-state index in [0.717, 1.165) is 22.0 Å². The Morgan fingerprint density at radius 3 is 2.58 bits per heavy atom. The Hall–Kier alpha value is -2.60. The van der Waals surface area contributed by atoms with Gasteiger partial charge in [0.1, 0.15) is 6.33 Å². The van der Waals surface area contributed by atoms with Crippen LogP contribution in [-0.4, -0.2) is 37.9 Å². The molecule has 0 N–H and O–H groups in total. The summed E-state index contributed by atoms with van der Waals surface area (Å²) in [6.07, 6.45) is 1.69. The fourth-order valence-corrected chi connectivity index (χ4v) is 3.54. The summed E-state index contributed by atoms with van der Waals surface area (Å²) in [6, 6.07) is 18.1. The van der Waals surface area contributed by atoms with E-state index in [1.54, 1.807) is 6.33 Å². The topological polar surface area (TPSA) is 51.0 Å². The molecule has 6 heteroatoms. The number of amides is 1. The molecule has 1 heterocycles. The summed E-state index contributed by atoms with van der Waals surface area (Å²) in [7, 11) is 0. The van der Waals surface area contributed by atoms with Crippen molar-refractivity contribution < 1.29 is 4.79 Å². The first-order chi connectivity index (χ1) is 12.7. The normalized spacial score (nSPS) is 10.7. The summed E-state index contributed by atoms with van der Waals surface area (Å²) in [5.41, 5.74) is 3.31.